The number of amides is 4. The third-order valence-electron chi connectivity index (χ3n) is 15.3. The van der Waals surface area contributed by atoms with Gasteiger partial charge in [-0.25, -0.2) is 4.90 Å². The number of aliphatic hydroxyl groups is 1. The molecule has 15 rings (SSSR count). The summed E-state index contributed by atoms with van der Waals surface area (Å²) in [5.74, 6) is -6.96. The zero-order valence-corrected chi connectivity index (χ0v) is 38.0. The van der Waals surface area contributed by atoms with Crippen molar-refractivity contribution in [1.82, 2.24) is 23.9 Å². The predicted octanol–water partition coefficient (Wildman–Crippen LogP) is 10.4. The van der Waals surface area contributed by atoms with Crippen LogP contribution in [0, 0.1) is 23.7 Å². The Morgan fingerprint density at radius 1 is 0.417 bits per heavy atom. The first-order valence-electron chi connectivity index (χ1n) is 23.8. The standard InChI is InChI=1S/C59H37N7O6/c67-31-32-25-27-33(28-26-32)54-60-61-59(72-54)66-57(70)51-49-50(52(51)58(66)71)56(69)65(55(49)68)53-47(63-43-21-9-3-15-37(43)38-16-4-10-22-44(38)63)29-34(62-41-19-7-1-13-35(41)36-14-2-8-20-42(36)62)30-48(53)64-45-23-11-5-17-39(45)40-18-6-12-24-46(40)64/h1-30,49-52,67H,31H2. The molecule has 1 aliphatic carbocycles. The first kappa shape index (κ1) is 40.4. The molecule has 2 aliphatic heterocycles. The highest BCUT2D eigenvalue weighted by molar-refractivity contribution is 6.33. The molecule has 0 spiro atoms. The monoisotopic (exact) mass is 939 g/mol. The molecule has 2 saturated heterocycles. The molecule has 13 heteroatoms. The van der Waals surface area contributed by atoms with E-state index in [1.165, 1.54) is 4.90 Å². The summed E-state index contributed by atoms with van der Waals surface area (Å²) >= 11 is 0. The van der Waals surface area contributed by atoms with Gasteiger partial charge in [0.15, 0.2) is 0 Å². The van der Waals surface area contributed by atoms with Gasteiger partial charge in [-0.05, 0) is 66.2 Å². The van der Waals surface area contributed by atoms with Gasteiger partial charge in [-0.1, -0.05) is 126 Å². The van der Waals surface area contributed by atoms with E-state index in [2.05, 4.69) is 84.6 Å². The van der Waals surface area contributed by atoms with E-state index in [4.69, 9.17) is 4.42 Å². The fraction of sp³-hybridized carbons (Fsp3) is 0.0847. The highest BCUT2D eigenvalue weighted by atomic mass is 16.4. The highest BCUT2D eigenvalue weighted by Gasteiger charge is 2.74. The summed E-state index contributed by atoms with van der Waals surface area (Å²) in [6, 6.07) is 59.6. The fourth-order valence-corrected chi connectivity index (χ4v) is 12.2. The number of carbonyl (C=O) groups excluding carboxylic acids is 4. The quantitative estimate of drug-likeness (QED) is 0.155. The second-order valence-corrected chi connectivity index (χ2v) is 18.8. The molecular formula is C59H37N7O6. The van der Waals surface area contributed by atoms with Crippen LogP contribution in [-0.4, -0.2) is 52.6 Å². The Bertz CT molecular complexity index is 4040. The summed E-state index contributed by atoms with van der Waals surface area (Å²) < 4.78 is 12.4. The summed E-state index contributed by atoms with van der Waals surface area (Å²) in [5, 5.41) is 23.8. The molecule has 3 aliphatic rings. The zero-order chi connectivity index (χ0) is 48.1. The van der Waals surface area contributed by atoms with Crippen molar-refractivity contribution in [3.63, 3.8) is 0 Å². The fourth-order valence-electron chi connectivity index (χ4n) is 12.2. The van der Waals surface area contributed by atoms with Gasteiger partial charge in [-0.15, -0.1) is 5.10 Å². The van der Waals surface area contributed by atoms with Crippen molar-refractivity contribution in [2.45, 2.75) is 6.61 Å². The lowest BCUT2D eigenvalue weighted by Gasteiger charge is -2.36. The van der Waals surface area contributed by atoms with Gasteiger partial charge >= 0.3 is 6.01 Å². The van der Waals surface area contributed by atoms with Crippen LogP contribution in [0.25, 0.3) is 93.9 Å². The number of hydrogen-bond donors (Lipinski definition) is 1. The molecule has 72 heavy (non-hydrogen) atoms. The lowest BCUT2D eigenvalue weighted by Crippen LogP contribution is -2.50. The normalized spacial score (nSPS) is 18.7. The van der Waals surface area contributed by atoms with Crippen molar-refractivity contribution in [1.29, 1.82) is 0 Å². The van der Waals surface area contributed by atoms with Crippen LogP contribution in [0.5, 0.6) is 0 Å². The average Bonchev–Trinajstić information content (AvgIpc) is 4.24. The van der Waals surface area contributed by atoms with Gasteiger partial charge in [0.2, 0.25) is 29.5 Å². The molecule has 0 radical (unpaired) electrons. The first-order valence-corrected chi connectivity index (χ1v) is 23.8. The van der Waals surface area contributed by atoms with E-state index in [-0.39, 0.29) is 18.5 Å². The number of nitrogens with zero attached hydrogens (tertiary/aromatic N) is 7. The van der Waals surface area contributed by atoms with Crippen LogP contribution in [0.4, 0.5) is 11.7 Å². The van der Waals surface area contributed by atoms with Crippen LogP contribution in [0.15, 0.2) is 186 Å². The van der Waals surface area contributed by atoms with Crippen LogP contribution in [-0.2, 0) is 25.8 Å². The van der Waals surface area contributed by atoms with E-state index >= 15 is 9.59 Å². The minimum Gasteiger partial charge on any atom is -0.403 e. The Kier molecular flexibility index (Phi) is 8.30. The van der Waals surface area contributed by atoms with Crippen LogP contribution >= 0.6 is 0 Å². The molecule has 4 aromatic heterocycles. The smallest absolute Gasteiger partial charge is 0.332 e. The molecule has 0 bridgehead atoms. The predicted molar refractivity (Wildman–Crippen MR) is 274 cm³/mol. The Balaban J connectivity index is 0.986. The molecule has 4 unspecified atom stereocenters. The maximum Gasteiger partial charge on any atom is 0.332 e. The minimum absolute atomic E-state index is 0.0624. The van der Waals surface area contributed by atoms with Gasteiger partial charge in [0.25, 0.3) is 0 Å². The van der Waals surface area contributed by atoms with E-state index in [9.17, 15) is 14.7 Å². The minimum atomic E-state index is -1.13. The van der Waals surface area contributed by atoms with Gasteiger partial charge in [-0.2, -0.15) is 4.90 Å². The van der Waals surface area contributed by atoms with E-state index in [0.717, 1.165) is 76.0 Å². The molecular weight excluding hydrogens is 903 g/mol. The molecule has 1 saturated carbocycles. The van der Waals surface area contributed by atoms with E-state index in [1.807, 2.05) is 97.1 Å². The lowest BCUT2D eigenvalue weighted by molar-refractivity contribution is -0.146. The topological polar surface area (TPSA) is 149 Å². The number of benzene rings is 8. The molecule has 4 atom stereocenters. The number of rotatable bonds is 7. The Labute approximate surface area is 407 Å². The van der Waals surface area contributed by atoms with Crippen molar-refractivity contribution >= 4 is 101 Å². The maximum absolute atomic E-state index is 15.7. The first-order chi connectivity index (χ1) is 35.4. The Morgan fingerprint density at radius 3 is 1.14 bits per heavy atom. The number of aromatic nitrogens is 5. The van der Waals surface area contributed by atoms with E-state index in [0.29, 0.717) is 28.2 Å². The molecule has 8 aromatic carbocycles. The SMILES string of the molecule is O=C1C2C(C(=O)N1c1nnc(-c3ccc(CO)cc3)o1)C1C(=O)N(c3c(-n4c5ccccc5c5ccccc54)cc(-n4c5ccccc5c5ccccc54)cc3-n3c4ccccc4c4ccccc43)C(=O)C21. The third kappa shape index (κ3) is 5.28. The Hall–Kier alpha value is -9.46. The van der Waals surface area contributed by atoms with Gasteiger partial charge in [0, 0.05) is 37.9 Å². The number of imide groups is 2. The molecule has 344 valence electrons. The van der Waals surface area contributed by atoms with Crippen LogP contribution in [0.3, 0.4) is 0 Å². The number of hydrogen-bond acceptors (Lipinski definition) is 8. The molecule has 3 fully saturated rings. The van der Waals surface area contributed by atoms with Crippen molar-refractivity contribution in [3.05, 3.63) is 188 Å². The van der Waals surface area contributed by atoms with Crippen LogP contribution in [0.2, 0.25) is 0 Å². The van der Waals surface area contributed by atoms with Crippen LogP contribution in [0.1, 0.15) is 5.56 Å². The maximum atomic E-state index is 15.7. The summed E-state index contributed by atoms with van der Waals surface area (Å²) in [6.45, 7) is -0.150. The molecule has 1 N–H and O–H groups in total. The number of fused-ring (bicyclic) bond motifs is 13. The molecule has 12 aromatic rings. The van der Waals surface area contributed by atoms with Gasteiger partial charge in [-0.3, -0.25) is 19.2 Å². The highest BCUT2D eigenvalue weighted by Crippen LogP contribution is 2.59. The third-order valence-corrected chi connectivity index (χ3v) is 15.3. The van der Waals surface area contributed by atoms with Gasteiger partial charge in [0.1, 0.15) is 0 Å². The molecule has 13 nitrogen and oxygen atoms in total. The number of para-hydroxylation sites is 6. The second kappa shape index (κ2) is 14.8. The van der Waals surface area contributed by atoms with Gasteiger partial charge < -0.3 is 23.2 Å². The van der Waals surface area contributed by atoms with Gasteiger partial charge in [0.05, 0.1) is 86.1 Å². The number of carbonyl (C=O) groups is 4. The zero-order valence-electron chi connectivity index (χ0n) is 38.0. The van der Waals surface area contributed by atoms with Crippen LogP contribution < -0.4 is 9.80 Å². The van der Waals surface area contributed by atoms with Crippen molar-refractivity contribution < 1.29 is 28.7 Å². The Morgan fingerprint density at radius 2 is 0.764 bits per heavy atom. The second-order valence-electron chi connectivity index (χ2n) is 18.8. The van der Waals surface area contributed by atoms with E-state index < -0.39 is 47.3 Å². The molecule has 6 heterocycles. The summed E-state index contributed by atoms with van der Waals surface area (Å²) in [7, 11) is 0. The largest absolute Gasteiger partial charge is 0.403 e. The number of anilines is 2. The number of aliphatic hydroxyl groups excluding tert-OH is 1. The van der Waals surface area contributed by atoms with Crippen molar-refractivity contribution in [2.75, 3.05) is 9.80 Å². The summed E-state index contributed by atoms with van der Waals surface area (Å²) in [6.07, 6.45) is 0. The molecule has 4 amide bonds. The van der Waals surface area contributed by atoms with Crippen molar-refractivity contribution in [3.8, 4) is 28.5 Å². The summed E-state index contributed by atoms with van der Waals surface area (Å²) in [5.41, 5.74) is 8.80. The van der Waals surface area contributed by atoms with E-state index in [1.54, 1.807) is 24.3 Å². The average molecular weight is 940 g/mol. The summed E-state index contributed by atoms with van der Waals surface area (Å²) in [4.78, 5) is 62.8. The van der Waals surface area contributed by atoms with Crippen molar-refractivity contribution in [2.24, 2.45) is 23.7 Å². The lowest BCUT2D eigenvalue weighted by atomic mass is 9.59.